The average molecular weight is 256 g/mol. The van der Waals surface area contributed by atoms with Crippen molar-refractivity contribution >= 4 is 12.1 Å². The molecule has 7 heteroatoms. The number of urea groups is 1. The number of amides is 3. The minimum atomic E-state index is -1.03. The van der Waals surface area contributed by atoms with E-state index in [2.05, 4.69) is 5.32 Å². The van der Waals surface area contributed by atoms with Crippen LogP contribution in [0.5, 0.6) is 0 Å². The van der Waals surface area contributed by atoms with Gasteiger partial charge in [-0.25, -0.2) is 23.3 Å². The van der Waals surface area contributed by atoms with Gasteiger partial charge in [-0.05, 0) is 17.7 Å². The van der Waals surface area contributed by atoms with E-state index < -0.39 is 29.9 Å². The number of benzene rings is 1. The Morgan fingerprint density at radius 1 is 1.44 bits per heavy atom. The van der Waals surface area contributed by atoms with E-state index in [-0.39, 0.29) is 6.54 Å². The standard InChI is InChI=1S/C11H10F2N2O3/c1-14-10(16)15-5-9(18-11(15)17)6-2-3-7(12)8(13)4-6/h2-4,9H,5H2,1H3,(H,14,16). The van der Waals surface area contributed by atoms with Gasteiger partial charge >= 0.3 is 12.1 Å². The molecule has 1 unspecified atom stereocenters. The van der Waals surface area contributed by atoms with Gasteiger partial charge in [0, 0.05) is 7.05 Å². The minimum absolute atomic E-state index is 0.0381. The Labute approximate surface area is 101 Å². The molecule has 0 aliphatic carbocycles. The molecular weight excluding hydrogens is 246 g/mol. The van der Waals surface area contributed by atoms with Gasteiger partial charge in [-0.3, -0.25) is 0 Å². The van der Waals surface area contributed by atoms with Crippen LogP contribution in [0.25, 0.3) is 0 Å². The van der Waals surface area contributed by atoms with Gasteiger partial charge in [-0.1, -0.05) is 6.07 Å². The summed E-state index contributed by atoms with van der Waals surface area (Å²) in [6.45, 7) is -0.0381. The summed E-state index contributed by atoms with van der Waals surface area (Å²) in [6, 6.07) is 2.59. The third-order valence-corrected chi connectivity index (χ3v) is 2.59. The lowest BCUT2D eigenvalue weighted by atomic mass is 10.1. The Hall–Kier alpha value is -2.18. The molecule has 1 heterocycles. The second-order valence-corrected chi connectivity index (χ2v) is 3.71. The molecule has 1 aromatic rings. The van der Waals surface area contributed by atoms with Crippen molar-refractivity contribution in [3.63, 3.8) is 0 Å². The van der Waals surface area contributed by atoms with Gasteiger partial charge in [0.15, 0.2) is 11.6 Å². The van der Waals surface area contributed by atoms with Gasteiger partial charge < -0.3 is 10.1 Å². The maximum Gasteiger partial charge on any atom is 0.418 e. The van der Waals surface area contributed by atoms with Crippen molar-refractivity contribution in [1.29, 1.82) is 0 Å². The first-order valence-corrected chi connectivity index (χ1v) is 5.17. The van der Waals surface area contributed by atoms with Crippen molar-refractivity contribution in [2.75, 3.05) is 13.6 Å². The van der Waals surface area contributed by atoms with Gasteiger partial charge in [0.2, 0.25) is 0 Å². The third-order valence-electron chi connectivity index (χ3n) is 2.59. The van der Waals surface area contributed by atoms with Crippen molar-refractivity contribution in [1.82, 2.24) is 10.2 Å². The van der Waals surface area contributed by atoms with Crippen LogP contribution in [0.1, 0.15) is 11.7 Å². The number of rotatable bonds is 1. The molecule has 18 heavy (non-hydrogen) atoms. The predicted molar refractivity (Wildman–Crippen MR) is 56.7 cm³/mol. The number of ether oxygens (including phenoxy) is 1. The summed E-state index contributed by atoms with van der Waals surface area (Å²) in [4.78, 5) is 23.5. The highest BCUT2D eigenvalue weighted by Crippen LogP contribution is 2.27. The SMILES string of the molecule is CNC(=O)N1CC(c2ccc(F)c(F)c2)OC1=O. The zero-order valence-corrected chi connectivity index (χ0v) is 9.44. The van der Waals surface area contributed by atoms with Crippen molar-refractivity contribution in [3.05, 3.63) is 35.4 Å². The van der Waals surface area contributed by atoms with E-state index in [0.29, 0.717) is 5.56 Å². The number of imide groups is 1. The van der Waals surface area contributed by atoms with Crippen LogP contribution in [-0.2, 0) is 4.74 Å². The Morgan fingerprint density at radius 2 is 2.17 bits per heavy atom. The number of carbonyl (C=O) groups is 2. The summed E-state index contributed by atoms with van der Waals surface area (Å²) < 4.78 is 30.7. The number of nitrogens with zero attached hydrogens (tertiary/aromatic N) is 1. The molecule has 1 fully saturated rings. The van der Waals surface area contributed by atoms with Crippen LogP contribution >= 0.6 is 0 Å². The lowest BCUT2D eigenvalue weighted by molar-refractivity contribution is 0.134. The predicted octanol–water partition coefficient (Wildman–Crippen LogP) is 1.80. The molecule has 3 amide bonds. The van der Waals surface area contributed by atoms with E-state index in [1.54, 1.807) is 0 Å². The molecule has 0 radical (unpaired) electrons. The lowest BCUT2D eigenvalue weighted by Crippen LogP contribution is -2.38. The molecule has 1 N–H and O–H groups in total. The largest absolute Gasteiger partial charge is 0.439 e. The molecule has 1 atom stereocenters. The van der Waals surface area contributed by atoms with Crippen LogP contribution in [0.3, 0.4) is 0 Å². The summed E-state index contributed by atoms with van der Waals surface area (Å²) in [5.41, 5.74) is 0.300. The smallest absolute Gasteiger partial charge is 0.418 e. The normalized spacial score (nSPS) is 18.7. The topological polar surface area (TPSA) is 58.6 Å². The molecule has 1 aromatic carbocycles. The molecule has 0 spiro atoms. The fourth-order valence-electron chi connectivity index (χ4n) is 1.65. The van der Waals surface area contributed by atoms with Gasteiger partial charge in [0.25, 0.3) is 0 Å². The van der Waals surface area contributed by atoms with Crippen LogP contribution in [0, 0.1) is 11.6 Å². The second kappa shape index (κ2) is 4.59. The van der Waals surface area contributed by atoms with Gasteiger partial charge in [0.05, 0.1) is 6.54 Å². The summed E-state index contributed by atoms with van der Waals surface area (Å²) in [5, 5.41) is 2.28. The zero-order valence-electron chi connectivity index (χ0n) is 9.44. The van der Waals surface area contributed by atoms with Gasteiger partial charge in [-0.2, -0.15) is 0 Å². The Bertz CT molecular complexity index is 507. The Morgan fingerprint density at radius 3 is 2.78 bits per heavy atom. The summed E-state index contributed by atoms with van der Waals surface area (Å²) in [6.07, 6.45) is -1.60. The lowest BCUT2D eigenvalue weighted by Gasteiger charge is -2.10. The summed E-state index contributed by atoms with van der Waals surface area (Å²) in [7, 11) is 1.38. The number of nitrogens with one attached hydrogen (secondary N) is 1. The monoisotopic (exact) mass is 256 g/mol. The molecule has 2 rings (SSSR count). The first-order valence-electron chi connectivity index (χ1n) is 5.17. The van der Waals surface area contributed by atoms with E-state index in [9.17, 15) is 18.4 Å². The molecular formula is C11H10F2N2O3. The molecule has 96 valence electrons. The van der Waals surface area contributed by atoms with Crippen LogP contribution in [0.15, 0.2) is 18.2 Å². The van der Waals surface area contributed by atoms with Gasteiger partial charge in [-0.15, -0.1) is 0 Å². The highest BCUT2D eigenvalue weighted by atomic mass is 19.2. The van der Waals surface area contributed by atoms with E-state index in [1.165, 1.54) is 13.1 Å². The highest BCUT2D eigenvalue weighted by Gasteiger charge is 2.36. The molecule has 1 aliphatic heterocycles. The maximum atomic E-state index is 13.0. The van der Waals surface area contributed by atoms with Gasteiger partial charge in [0.1, 0.15) is 6.10 Å². The van der Waals surface area contributed by atoms with Crippen LogP contribution in [0.2, 0.25) is 0 Å². The molecule has 0 bridgehead atoms. The first-order chi connectivity index (χ1) is 8.52. The van der Waals surface area contributed by atoms with Crippen molar-refractivity contribution in [2.45, 2.75) is 6.10 Å². The number of hydrogen-bond acceptors (Lipinski definition) is 3. The third kappa shape index (κ3) is 2.11. The van der Waals surface area contributed by atoms with Crippen LogP contribution in [0.4, 0.5) is 18.4 Å². The number of carbonyl (C=O) groups excluding carboxylic acids is 2. The zero-order chi connectivity index (χ0) is 13.3. The highest BCUT2D eigenvalue weighted by molar-refractivity contribution is 5.92. The maximum absolute atomic E-state index is 13.0. The first kappa shape index (κ1) is 12.3. The Balaban J connectivity index is 2.19. The fraction of sp³-hybridized carbons (Fsp3) is 0.273. The second-order valence-electron chi connectivity index (χ2n) is 3.71. The average Bonchev–Trinajstić information content (AvgIpc) is 2.74. The van der Waals surface area contributed by atoms with Crippen molar-refractivity contribution < 1.29 is 23.1 Å². The summed E-state index contributed by atoms with van der Waals surface area (Å²) >= 11 is 0. The van der Waals surface area contributed by atoms with E-state index >= 15 is 0 Å². The number of halogens is 2. The number of cyclic esters (lactones) is 1. The molecule has 1 aliphatic rings. The minimum Gasteiger partial charge on any atom is -0.439 e. The quantitative estimate of drug-likeness (QED) is 0.833. The van der Waals surface area contributed by atoms with Crippen LogP contribution in [-0.4, -0.2) is 30.6 Å². The number of hydrogen-bond donors (Lipinski definition) is 1. The molecule has 1 saturated heterocycles. The van der Waals surface area contributed by atoms with Crippen LogP contribution < -0.4 is 5.32 Å². The molecule has 5 nitrogen and oxygen atoms in total. The fourth-order valence-corrected chi connectivity index (χ4v) is 1.65. The Kier molecular flexibility index (Phi) is 3.14. The van der Waals surface area contributed by atoms with E-state index in [4.69, 9.17) is 4.74 Å². The molecule has 0 aromatic heterocycles. The van der Waals surface area contributed by atoms with E-state index in [0.717, 1.165) is 17.0 Å². The van der Waals surface area contributed by atoms with Crippen molar-refractivity contribution in [2.24, 2.45) is 0 Å². The van der Waals surface area contributed by atoms with E-state index in [1.807, 2.05) is 0 Å². The van der Waals surface area contributed by atoms with Crippen molar-refractivity contribution in [3.8, 4) is 0 Å². The summed E-state index contributed by atoms with van der Waals surface area (Å²) in [5.74, 6) is -2.01. The molecule has 0 saturated carbocycles.